The Hall–Kier alpha value is -3.87. The first-order chi connectivity index (χ1) is 14.2. The zero-order chi connectivity index (χ0) is 19.8. The second-order valence-corrected chi connectivity index (χ2v) is 6.96. The van der Waals surface area contributed by atoms with Gasteiger partial charge in [-0.05, 0) is 24.6 Å². The van der Waals surface area contributed by atoms with Gasteiger partial charge in [0.15, 0.2) is 11.6 Å². The Labute approximate surface area is 166 Å². The summed E-state index contributed by atoms with van der Waals surface area (Å²) in [5, 5.41) is 10.5. The van der Waals surface area contributed by atoms with E-state index in [1.54, 1.807) is 12.1 Å². The topological polar surface area (TPSA) is 89.2 Å². The van der Waals surface area contributed by atoms with Crippen LogP contribution < -0.4 is 10.6 Å². The molecule has 0 bridgehead atoms. The van der Waals surface area contributed by atoms with Crippen LogP contribution in [-0.4, -0.2) is 28.1 Å². The van der Waals surface area contributed by atoms with Gasteiger partial charge >= 0.3 is 0 Å². The monoisotopic (exact) mass is 386 g/mol. The third kappa shape index (κ3) is 3.16. The summed E-state index contributed by atoms with van der Waals surface area (Å²) in [6.07, 6.45) is 0.847. The van der Waals surface area contributed by atoms with Gasteiger partial charge in [-0.1, -0.05) is 41.6 Å². The van der Waals surface area contributed by atoms with Crippen molar-refractivity contribution in [3.63, 3.8) is 0 Å². The second kappa shape index (κ2) is 6.94. The van der Waals surface area contributed by atoms with Gasteiger partial charge in [0.05, 0.1) is 0 Å². The molecule has 0 radical (unpaired) electrons. The van der Waals surface area contributed by atoms with Crippen LogP contribution in [0.2, 0.25) is 0 Å². The Kier molecular flexibility index (Phi) is 4.13. The zero-order valence-corrected chi connectivity index (χ0v) is 15.5. The molecule has 5 rings (SSSR count). The summed E-state index contributed by atoms with van der Waals surface area (Å²) in [6.45, 7) is 1.38. The smallest absolute Gasteiger partial charge is 0.267 e. The molecule has 0 unspecified atom stereocenters. The highest BCUT2D eigenvalue weighted by atomic mass is 16.5. The van der Waals surface area contributed by atoms with Gasteiger partial charge in [0.2, 0.25) is 0 Å². The summed E-state index contributed by atoms with van der Waals surface area (Å²) in [7, 11) is 0. The first-order valence-corrected chi connectivity index (χ1v) is 9.44. The van der Waals surface area contributed by atoms with Crippen LogP contribution in [0.4, 0.5) is 5.82 Å². The number of aromatic nitrogens is 2. The van der Waals surface area contributed by atoms with Crippen LogP contribution in [0, 0.1) is 0 Å². The number of fused-ring (bicyclic) bond motifs is 3. The number of anilines is 1. The molecule has 144 valence electrons. The number of benzene rings is 2. The van der Waals surface area contributed by atoms with Crippen molar-refractivity contribution >= 4 is 28.5 Å². The summed E-state index contributed by atoms with van der Waals surface area (Å²) in [6, 6.07) is 18.5. The van der Waals surface area contributed by atoms with Gasteiger partial charge in [0.1, 0.15) is 5.69 Å². The molecule has 0 fully saturated rings. The summed E-state index contributed by atoms with van der Waals surface area (Å²) >= 11 is 0. The van der Waals surface area contributed by atoms with E-state index in [9.17, 15) is 9.59 Å². The van der Waals surface area contributed by atoms with E-state index in [-0.39, 0.29) is 11.8 Å². The third-order valence-corrected chi connectivity index (χ3v) is 5.05. The molecule has 1 aliphatic heterocycles. The van der Waals surface area contributed by atoms with Crippen LogP contribution in [0.5, 0.6) is 0 Å². The average Bonchev–Trinajstić information content (AvgIpc) is 3.31. The molecule has 2 aromatic heterocycles. The van der Waals surface area contributed by atoms with E-state index in [1.807, 2.05) is 53.1 Å². The third-order valence-electron chi connectivity index (χ3n) is 5.05. The Balaban J connectivity index is 1.42. The maximum Gasteiger partial charge on any atom is 0.267 e. The van der Waals surface area contributed by atoms with Gasteiger partial charge in [-0.3, -0.25) is 9.59 Å². The van der Waals surface area contributed by atoms with Crippen molar-refractivity contribution in [1.82, 2.24) is 15.0 Å². The minimum atomic E-state index is -0.284. The lowest BCUT2D eigenvalue weighted by Gasteiger charge is -2.06. The fourth-order valence-electron chi connectivity index (χ4n) is 3.62. The van der Waals surface area contributed by atoms with Gasteiger partial charge in [0, 0.05) is 41.2 Å². The Morgan fingerprint density at radius 3 is 2.83 bits per heavy atom. The largest absolute Gasteiger partial charge is 0.354 e. The minimum absolute atomic E-state index is 0.0826. The van der Waals surface area contributed by atoms with Gasteiger partial charge < -0.3 is 19.7 Å². The molecule has 0 saturated carbocycles. The number of carbonyl (C=O) groups is 2. The van der Waals surface area contributed by atoms with Crippen LogP contribution in [0.1, 0.15) is 27.3 Å². The predicted molar refractivity (Wildman–Crippen MR) is 109 cm³/mol. The molecule has 0 aliphatic carbocycles. The number of nitrogens with one attached hydrogen (secondary N) is 2. The Morgan fingerprint density at radius 2 is 1.97 bits per heavy atom. The van der Waals surface area contributed by atoms with E-state index in [0.29, 0.717) is 29.4 Å². The van der Waals surface area contributed by atoms with Crippen molar-refractivity contribution in [1.29, 1.82) is 0 Å². The average molecular weight is 386 g/mol. The first kappa shape index (κ1) is 17.2. The second-order valence-electron chi connectivity index (χ2n) is 6.96. The van der Waals surface area contributed by atoms with Crippen molar-refractivity contribution in [2.24, 2.45) is 0 Å². The highest BCUT2D eigenvalue weighted by Crippen LogP contribution is 2.25. The predicted octanol–water partition coefficient (Wildman–Crippen LogP) is 3.68. The summed E-state index contributed by atoms with van der Waals surface area (Å²) < 4.78 is 7.30. The number of aryl methyl sites for hydroxylation is 1. The van der Waals surface area contributed by atoms with E-state index in [1.165, 1.54) is 0 Å². The van der Waals surface area contributed by atoms with Crippen LogP contribution in [0.3, 0.4) is 0 Å². The fourth-order valence-corrected chi connectivity index (χ4v) is 3.62. The van der Waals surface area contributed by atoms with Crippen LogP contribution in [-0.2, 0) is 6.54 Å². The Morgan fingerprint density at radius 1 is 1.10 bits per heavy atom. The lowest BCUT2D eigenvalue weighted by molar-refractivity contribution is 0.0950. The number of rotatable bonds is 3. The molecule has 1 aliphatic rings. The van der Waals surface area contributed by atoms with Crippen molar-refractivity contribution in [2.75, 3.05) is 11.9 Å². The quantitative estimate of drug-likeness (QED) is 0.562. The molecule has 7 nitrogen and oxygen atoms in total. The van der Waals surface area contributed by atoms with Crippen molar-refractivity contribution < 1.29 is 14.1 Å². The van der Waals surface area contributed by atoms with Crippen molar-refractivity contribution in [3.05, 3.63) is 71.9 Å². The molecule has 29 heavy (non-hydrogen) atoms. The van der Waals surface area contributed by atoms with Gasteiger partial charge in [-0.25, -0.2) is 0 Å². The lowest BCUT2D eigenvalue weighted by Crippen LogP contribution is -2.22. The molecule has 4 aromatic rings. The summed E-state index contributed by atoms with van der Waals surface area (Å²) in [5.41, 5.74) is 2.87. The number of nitrogens with zero attached hydrogens (tertiary/aromatic N) is 2. The molecule has 3 heterocycles. The lowest BCUT2D eigenvalue weighted by atomic mass is 10.1. The number of hydrogen-bond acceptors (Lipinski definition) is 4. The molecule has 0 atom stereocenters. The van der Waals surface area contributed by atoms with Gasteiger partial charge in [0.25, 0.3) is 11.8 Å². The van der Waals surface area contributed by atoms with Crippen LogP contribution in [0.15, 0.2) is 65.2 Å². The number of carbonyl (C=O) groups excluding carboxylic acids is 2. The fraction of sp³-hybridized carbons (Fsp3) is 0.136. The van der Waals surface area contributed by atoms with E-state index < -0.39 is 0 Å². The molecular weight excluding hydrogens is 368 g/mol. The van der Waals surface area contributed by atoms with E-state index in [2.05, 4.69) is 15.8 Å². The summed E-state index contributed by atoms with van der Waals surface area (Å²) in [5.74, 6) is 0.566. The molecular formula is C22H18N4O3. The highest BCUT2D eigenvalue weighted by Gasteiger charge is 2.19. The van der Waals surface area contributed by atoms with E-state index >= 15 is 0 Å². The molecule has 0 saturated heterocycles. The maximum atomic E-state index is 12.7. The zero-order valence-electron chi connectivity index (χ0n) is 15.5. The molecule has 0 spiro atoms. The molecule has 2 amide bonds. The van der Waals surface area contributed by atoms with Crippen LogP contribution >= 0.6 is 0 Å². The highest BCUT2D eigenvalue weighted by molar-refractivity contribution is 6.07. The number of amides is 2. The van der Waals surface area contributed by atoms with Gasteiger partial charge in [-0.15, -0.1) is 0 Å². The summed E-state index contributed by atoms with van der Waals surface area (Å²) in [4.78, 5) is 25.0. The number of hydrogen-bond donors (Lipinski definition) is 2. The standard InChI is InChI=1S/C22H18N4O3/c27-21(24-20-13-19(29-25-20)14-5-2-1-3-6-14)16-8-7-15-11-18-22(28)23-9-4-10-26(18)17(15)12-16/h1-3,5-8,11-13H,4,9-10H2,(H,23,28)(H,24,25,27). The maximum absolute atomic E-state index is 12.7. The van der Waals surface area contributed by atoms with E-state index in [4.69, 9.17) is 4.52 Å². The molecule has 7 heteroatoms. The normalized spacial score (nSPS) is 13.6. The van der Waals surface area contributed by atoms with Crippen molar-refractivity contribution in [2.45, 2.75) is 13.0 Å². The first-order valence-electron chi connectivity index (χ1n) is 9.44. The van der Waals surface area contributed by atoms with Gasteiger partial charge in [-0.2, -0.15) is 0 Å². The van der Waals surface area contributed by atoms with E-state index in [0.717, 1.165) is 29.4 Å². The van der Waals surface area contributed by atoms with Crippen molar-refractivity contribution in [3.8, 4) is 11.3 Å². The molecule has 2 aromatic carbocycles. The SMILES string of the molecule is O=C(Nc1cc(-c2ccccc2)on1)c1ccc2cc3n(c2c1)CCCNC3=O. The Bertz CT molecular complexity index is 1220. The van der Waals surface area contributed by atoms with Crippen LogP contribution in [0.25, 0.3) is 22.2 Å². The molecule has 2 N–H and O–H groups in total. The minimum Gasteiger partial charge on any atom is -0.354 e.